The first-order valence-corrected chi connectivity index (χ1v) is 10.6. The zero-order valence-electron chi connectivity index (χ0n) is 17.3. The minimum Gasteiger partial charge on any atom is -0.490 e. The molecule has 0 aliphatic rings. The number of hydrogen-bond donors (Lipinski definition) is 1. The van der Waals surface area contributed by atoms with E-state index in [-0.39, 0.29) is 18.0 Å². The van der Waals surface area contributed by atoms with E-state index in [1.54, 1.807) is 54.6 Å². The molecular weight excluding hydrogens is 475 g/mol. The molecule has 1 N–H and O–H groups in total. The van der Waals surface area contributed by atoms with Crippen molar-refractivity contribution in [3.05, 3.63) is 93.7 Å². The number of amides is 1. The zero-order valence-corrected chi connectivity index (χ0v) is 18.9. The number of carbonyl (C=O) groups excluding carboxylic acids is 1. The van der Waals surface area contributed by atoms with E-state index < -0.39 is 5.91 Å². The van der Waals surface area contributed by atoms with Crippen molar-refractivity contribution in [2.45, 2.75) is 13.5 Å². The summed E-state index contributed by atoms with van der Waals surface area (Å²) < 4.78 is 26.0. The molecule has 0 fully saturated rings. The Morgan fingerprint density at radius 3 is 2.47 bits per heavy atom. The van der Waals surface area contributed by atoms with E-state index >= 15 is 0 Å². The van der Waals surface area contributed by atoms with Gasteiger partial charge in [-0.05, 0) is 48.9 Å². The first-order valence-electron chi connectivity index (χ1n) is 9.82. The highest BCUT2D eigenvalue weighted by Crippen LogP contribution is 2.35. The van der Waals surface area contributed by atoms with E-state index in [0.29, 0.717) is 39.4 Å². The predicted octanol–water partition coefficient (Wildman–Crippen LogP) is 6.11. The van der Waals surface area contributed by atoms with Crippen LogP contribution in [0.5, 0.6) is 11.5 Å². The topological polar surface area (TPSA) is 71.3 Å². The quantitative estimate of drug-likeness (QED) is 0.302. The number of nitriles is 1. The number of halogens is 2. The van der Waals surface area contributed by atoms with Crippen molar-refractivity contribution in [3.8, 4) is 17.6 Å². The van der Waals surface area contributed by atoms with E-state index in [2.05, 4.69) is 21.2 Å². The minimum atomic E-state index is -0.525. The van der Waals surface area contributed by atoms with Crippen LogP contribution in [0, 0.1) is 17.1 Å². The molecule has 0 saturated carbocycles. The summed E-state index contributed by atoms with van der Waals surface area (Å²) in [5.74, 6) is -0.0546. The third kappa shape index (κ3) is 5.96. The Hall–Kier alpha value is -3.63. The van der Waals surface area contributed by atoms with E-state index in [1.165, 1.54) is 12.1 Å². The van der Waals surface area contributed by atoms with Gasteiger partial charge in [-0.25, -0.2) is 4.39 Å². The zero-order chi connectivity index (χ0) is 22.9. The van der Waals surface area contributed by atoms with Crippen LogP contribution in [0.2, 0.25) is 0 Å². The summed E-state index contributed by atoms with van der Waals surface area (Å²) in [4.78, 5) is 12.5. The van der Waals surface area contributed by atoms with Gasteiger partial charge in [0.1, 0.15) is 24.1 Å². The summed E-state index contributed by atoms with van der Waals surface area (Å²) in [5.41, 5.74) is 1.49. The summed E-state index contributed by atoms with van der Waals surface area (Å²) in [6, 6.07) is 20.5. The Labute approximate surface area is 194 Å². The molecule has 0 bridgehead atoms. The van der Waals surface area contributed by atoms with Gasteiger partial charge in [0.05, 0.1) is 6.61 Å². The molecule has 162 valence electrons. The number of carbonyl (C=O) groups is 1. The maximum Gasteiger partial charge on any atom is 0.266 e. The molecule has 7 heteroatoms. The van der Waals surface area contributed by atoms with Crippen molar-refractivity contribution < 1.29 is 18.7 Å². The molecule has 3 rings (SSSR count). The van der Waals surface area contributed by atoms with Crippen LogP contribution >= 0.6 is 15.9 Å². The molecule has 0 saturated heterocycles. The number of benzene rings is 3. The van der Waals surface area contributed by atoms with E-state index in [9.17, 15) is 14.4 Å². The van der Waals surface area contributed by atoms with Crippen LogP contribution in [-0.4, -0.2) is 12.5 Å². The number of anilines is 1. The van der Waals surface area contributed by atoms with Gasteiger partial charge in [0.15, 0.2) is 11.5 Å². The first-order chi connectivity index (χ1) is 15.5. The molecule has 32 heavy (non-hydrogen) atoms. The molecule has 0 aromatic heterocycles. The van der Waals surface area contributed by atoms with Crippen LogP contribution in [0.4, 0.5) is 10.1 Å². The fourth-order valence-electron chi connectivity index (χ4n) is 2.84. The summed E-state index contributed by atoms with van der Waals surface area (Å²) >= 11 is 3.45. The van der Waals surface area contributed by atoms with Gasteiger partial charge in [-0.15, -0.1) is 0 Å². The largest absolute Gasteiger partial charge is 0.490 e. The van der Waals surface area contributed by atoms with Gasteiger partial charge in [0.25, 0.3) is 5.91 Å². The molecule has 0 unspecified atom stereocenters. The maximum absolute atomic E-state index is 13.9. The number of hydrogen-bond acceptors (Lipinski definition) is 4. The first kappa shape index (κ1) is 23.0. The SMILES string of the molecule is CCOc1cc(/C=C(\C#N)C(=O)Nc2ccccc2)c(Br)cc1OCc1ccccc1F. The molecule has 3 aromatic carbocycles. The van der Waals surface area contributed by atoms with Crippen molar-refractivity contribution in [1.29, 1.82) is 5.26 Å². The predicted molar refractivity (Wildman–Crippen MR) is 125 cm³/mol. The van der Waals surface area contributed by atoms with Crippen molar-refractivity contribution in [2.24, 2.45) is 0 Å². The minimum absolute atomic E-state index is 0.0251. The van der Waals surface area contributed by atoms with E-state index in [0.717, 1.165) is 0 Å². The monoisotopic (exact) mass is 494 g/mol. The third-order valence-corrected chi connectivity index (χ3v) is 5.09. The molecule has 5 nitrogen and oxygen atoms in total. The van der Waals surface area contributed by atoms with Crippen LogP contribution in [0.25, 0.3) is 6.08 Å². The molecule has 0 radical (unpaired) electrons. The average molecular weight is 495 g/mol. The second kappa shape index (κ2) is 11.1. The lowest BCUT2D eigenvalue weighted by Crippen LogP contribution is -2.13. The molecule has 0 aliphatic heterocycles. The number of nitrogens with one attached hydrogen (secondary N) is 1. The molecule has 0 atom stereocenters. The highest BCUT2D eigenvalue weighted by atomic mass is 79.9. The molecule has 0 aliphatic carbocycles. The van der Waals surface area contributed by atoms with Crippen molar-refractivity contribution in [3.63, 3.8) is 0 Å². The average Bonchev–Trinajstić information content (AvgIpc) is 2.79. The third-order valence-electron chi connectivity index (χ3n) is 4.40. The normalized spacial score (nSPS) is 10.9. The van der Waals surface area contributed by atoms with Crippen LogP contribution in [0.3, 0.4) is 0 Å². The molecule has 0 heterocycles. The number of nitrogens with zero attached hydrogens (tertiary/aromatic N) is 1. The summed E-state index contributed by atoms with van der Waals surface area (Å²) in [6.07, 6.45) is 1.46. The Bertz CT molecular complexity index is 1170. The number of rotatable bonds is 8. The lowest BCUT2D eigenvalue weighted by Gasteiger charge is -2.14. The van der Waals surface area contributed by atoms with Crippen LogP contribution in [-0.2, 0) is 11.4 Å². The van der Waals surface area contributed by atoms with E-state index in [4.69, 9.17) is 9.47 Å². The Morgan fingerprint density at radius 1 is 1.09 bits per heavy atom. The second-order valence-electron chi connectivity index (χ2n) is 6.62. The number of ether oxygens (including phenoxy) is 2. The number of para-hydroxylation sites is 1. The van der Waals surface area contributed by atoms with Crippen LogP contribution in [0.1, 0.15) is 18.1 Å². The van der Waals surface area contributed by atoms with Gasteiger partial charge >= 0.3 is 0 Å². The van der Waals surface area contributed by atoms with Crippen LogP contribution in [0.15, 0.2) is 76.8 Å². The van der Waals surface area contributed by atoms with Gasteiger partial charge in [0, 0.05) is 15.7 Å². The maximum atomic E-state index is 13.9. The Balaban J connectivity index is 1.86. The van der Waals surface area contributed by atoms with Gasteiger partial charge < -0.3 is 14.8 Å². The molecular formula is C25H20BrFN2O3. The molecule has 3 aromatic rings. The van der Waals surface area contributed by atoms with Crippen molar-refractivity contribution in [1.82, 2.24) is 0 Å². The highest BCUT2D eigenvalue weighted by Gasteiger charge is 2.15. The smallest absolute Gasteiger partial charge is 0.266 e. The van der Waals surface area contributed by atoms with Crippen molar-refractivity contribution in [2.75, 3.05) is 11.9 Å². The van der Waals surface area contributed by atoms with Gasteiger partial charge in [-0.1, -0.05) is 52.3 Å². The lowest BCUT2D eigenvalue weighted by molar-refractivity contribution is -0.112. The fraction of sp³-hybridized carbons (Fsp3) is 0.120. The second-order valence-corrected chi connectivity index (χ2v) is 7.48. The summed E-state index contributed by atoms with van der Waals surface area (Å²) in [7, 11) is 0. The summed E-state index contributed by atoms with van der Waals surface area (Å²) in [5, 5.41) is 12.2. The summed E-state index contributed by atoms with van der Waals surface area (Å²) in [6.45, 7) is 2.23. The van der Waals surface area contributed by atoms with Crippen LogP contribution < -0.4 is 14.8 Å². The highest BCUT2D eigenvalue weighted by molar-refractivity contribution is 9.10. The fourth-order valence-corrected chi connectivity index (χ4v) is 3.27. The van der Waals surface area contributed by atoms with Gasteiger partial charge in [0.2, 0.25) is 0 Å². The Morgan fingerprint density at radius 2 is 1.78 bits per heavy atom. The van der Waals surface area contributed by atoms with Gasteiger partial charge in [-0.2, -0.15) is 5.26 Å². The van der Waals surface area contributed by atoms with Crippen molar-refractivity contribution >= 4 is 33.6 Å². The standard InChI is InChI=1S/C25H20BrFN2O3/c1-2-31-23-13-18(12-19(15-28)25(30)29-20-9-4-3-5-10-20)21(26)14-24(23)32-16-17-8-6-7-11-22(17)27/h3-14H,2,16H2,1H3,(H,29,30)/b19-12+. The Kier molecular flexibility index (Phi) is 8.01. The molecule has 1 amide bonds. The van der Waals surface area contributed by atoms with E-state index in [1.807, 2.05) is 19.1 Å². The van der Waals surface area contributed by atoms with Gasteiger partial charge in [-0.3, -0.25) is 4.79 Å². The lowest BCUT2D eigenvalue weighted by atomic mass is 10.1. The molecule has 0 spiro atoms.